The molecule has 0 heterocycles. The van der Waals surface area contributed by atoms with Gasteiger partial charge in [0.1, 0.15) is 31.3 Å². The van der Waals surface area contributed by atoms with Crippen molar-refractivity contribution in [1.29, 1.82) is 0 Å². The summed E-state index contributed by atoms with van der Waals surface area (Å²) in [5, 5.41) is 18.8. The fourth-order valence-corrected chi connectivity index (χ4v) is 3.91. The van der Waals surface area contributed by atoms with Gasteiger partial charge in [-0.2, -0.15) is 0 Å². The molecule has 5 heteroatoms. The van der Waals surface area contributed by atoms with E-state index in [9.17, 15) is 9.90 Å². The van der Waals surface area contributed by atoms with Crippen molar-refractivity contribution in [3.8, 4) is 11.5 Å². The van der Waals surface area contributed by atoms with E-state index in [1.807, 2.05) is 26.0 Å². The molecule has 0 atom stereocenters. The second-order valence-corrected chi connectivity index (χ2v) is 8.84. The van der Waals surface area contributed by atoms with Crippen LogP contribution in [0.4, 0.5) is 0 Å². The van der Waals surface area contributed by atoms with Crippen molar-refractivity contribution in [3.05, 3.63) is 58.7 Å². The number of Topliss-reactive ketones (excluding diaryl/α,β-unsaturated/α-hetero) is 1. The van der Waals surface area contributed by atoms with Crippen LogP contribution in [-0.4, -0.2) is 41.4 Å². The fourth-order valence-electron chi connectivity index (χ4n) is 3.91. The molecule has 2 N–H and O–H groups in total. The summed E-state index contributed by atoms with van der Waals surface area (Å²) in [4.78, 5) is 11.4. The van der Waals surface area contributed by atoms with Crippen LogP contribution in [0.2, 0.25) is 0 Å². The molecule has 170 valence electrons. The lowest BCUT2D eigenvalue weighted by Crippen LogP contribution is -2.28. The molecule has 0 saturated carbocycles. The minimum Gasteiger partial charge on any atom is -0.490 e. The Morgan fingerprint density at radius 3 is 1.77 bits per heavy atom. The predicted molar refractivity (Wildman–Crippen MR) is 123 cm³/mol. The molecule has 0 aliphatic carbocycles. The Balaban J connectivity index is 2.36. The maximum atomic E-state index is 11.4. The van der Waals surface area contributed by atoms with E-state index < -0.39 is 12.2 Å². The average molecular weight is 429 g/mol. The zero-order valence-electron chi connectivity index (χ0n) is 19.6. The van der Waals surface area contributed by atoms with Crippen molar-refractivity contribution in [3.63, 3.8) is 0 Å². The Morgan fingerprint density at radius 1 is 0.903 bits per heavy atom. The molecule has 0 aromatic heterocycles. The zero-order chi connectivity index (χ0) is 23.2. The molecule has 0 aliphatic rings. The van der Waals surface area contributed by atoms with E-state index in [0.29, 0.717) is 5.75 Å². The van der Waals surface area contributed by atoms with Gasteiger partial charge in [-0.05, 0) is 74.9 Å². The molecule has 2 aromatic carbocycles. The Bertz CT molecular complexity index is 891. The monoisotopic (exact) mass is 428 g/mol. The van der Waals surface area contributed by atoms with Crippen LogP contribution < -0.4 is 9.47 Å². The molecule has 0 unspecified atom stereocenters. The molecule has 31 heavy (non-hydrogen) atoms. The standard InChI is InChI=1S/C26H36O5/c1-7-26(8-2,20-9-11-23(18(3)13-20)30-16-22(28)15-27)21-10-12-24(19(4)14-21)31-17-25(5,6)29/h9-14,27,29H,7-8,15-17H2,1-6H3. The second-order valence-electron chi connectivity index (χ2n) is 8.84. The molecule has 5 nitrogen and oxygen atoms in total. The van der Waals surface area contributed by atoms with Gasteiger partial charge in [0.05, 0.1) is 5.60 Å². The van der Waals surface area contributed by atoms with E-state index >= 15 is 0 Å². The summed E-state index contributed by atoms with van der Waals surface area (Å²) in [6.07, 6.45) is 1.85. The highest BCUT2D eigenvalue weighted by Gasteiger charge is 2.31. The predicted octanol–water partition coefficient (Wildman–Crippen LogP) is 4.50. The number of hydrogen-bond acceptors (Lipinski definition) is 5. The molecule has 0 fully saturated rings. The minimum atomic E-state index is -0.884. The van der Waals surface area contributed by atoms with Crippen LogP contribution in [0, 0.1) is 13.8 Å². The number of carbonyl (C=O) groups is 1. The summed E-state index contributed by atoms with van der Waals surface area (Å²) in [6.45, 7) is 11.4. The van der Waals surface area contributed by atoms with Crippen molar-refractivity contribution in [2.24, 2.45) is 0 Å². The molecule has 0 saturated heterocycles. The van der Waals surface area contributed by atoms with E-state index in [0.717, 1.165) is 29.7 Å². The maximum absolute atomic E-state index is 11.4. The van der Waals surface area contributed by atoms with E-state index in [-0.39, 0.29) is 24.4 Å². The molecule has 0 radical (unpaired) electrons. The van der Waals surface area contributed by atoms with Crippen molar-refractivity contribution >= 4 is 5.78 Å². The van der Waals surface area contributed by atoms with Crippen LogP contribution in [0.25, 0.3) is 0 Å². The van der Waals surface area contributed by atoms with Crippen LogP contribution in [0.15, 0.2) is 36.4 Å². The molecule has 2 aromatic rings. The van der Waals surface area contributed by atoms with Crippen LogP contribution in [0.3, 0.4) is 0 Å². The average Bonchev–Trinajstić information content (AvgIpc) is 2.72. The first kappa shape index (κ1) is 24.9. The van der Waals surface area contributed by atoms with Gasteiger partial charge in [0.2, 0.25) is 0 Å². The van der Waals surface area contributed by atoms with E-state index in [1.54, 1.807) is 13.8 Å². The zero-order valence-corrected chi connectivity index (χ0v) is 19.6. The van der Waals surface area contributed by atoms with Gasteiger partial charge in [-0.25, -0.2) is 0 Å². The van der Waals surface area contributed by atoms with Crippen LogP contribution in [-0.2, 0) is 10.2 Å². The minimum absolute atomic E-state index is 0.130. The number of aliphatic hydroxyl groups is 2. The summed E-state index contributed by atoms with van der Waals surface area (Å²) in [7, 11) is 0. The van der Waals surface area contributed by atoms with Gasteiger partial charge in [0, 0.05) is 5.41 Å². The van der Waals surface area contributed by atoms with Crippen LogP contribution in [0.5, 0.6) is 11.5 Å². The lowest BCUT2D eigenvalue weighted by atomic mass is 9.70. The highest BCUT2D eigenvalue weighted by Crippen LogP contribution is 2.41. The highest BCUT2D eigenvalue weighted by atomic mass is 16.5. The number of aliphatic hydroxyl groups excluding tert-OH is 1. The quantitative estimate of drug-likeness (QED) is 0.551. The third kappa shape index (κ3) is 6.08. The Morgan fingerprint density at radius 2 is 1.39 bits per heavy atom. The molecule has 0 aliphatic heterocycles. The smallest absolute Gasteiger partial charge is 0.195 e. The molecular formula is C26H36O5. The van der Waals surface area contributed by atoms with Crippen LogP contribution in [0.1, 0.15) is 62.8 Å². The number of hydrogen-bond donors (Lipinski definition) is 2. The molecule has 0 spiro atoms. The number of carbonyl (C=O) groups excluding carboxylic acids is 1. The van der Waals surface area contributed by atoms with Gasteiger partial charge >= 0.3 is 0 Å². The lowest BCUT2D eigenvalue weighted by molar-refractivity contribution is -0.123. The maximum Gasteiger partial charge on any atom is 0.195 e. The van der Waals surface area contributed by atoms with E-state index in [4.69, 9.17) is 14.6 Å². The van der Waals surface area contributed by atoms with Crippen molar-refractivity contribution in [2.75, 3.05) is 19.8 Å². The SMILES string of the molecule is CCC(CC)(c1ccc(OCC(=O)CO)c(C)c1)c1ccc(OCC(C)(C)O)c(C)c1. The third-order valence-electron chi connectivity index (χ3n) is 5.81. The Labute approximate surface area is 186 Å². The largest absolute Gasteiger partial charge is 0.490 e. The third-order valence-corrected chi connectivity index (χ3v) is 5.81. The number of benzene rings is 2. The normalized spacial score (nSPS) is 12.0. The summed E-state index contributed by atoms with van der Waals surface area (Å²) in [5.41, 5.74) is 3.35. The van der Waals surface area contributed by atoms with Gasteiger partial charge in [0.15, 0.2) is 5.78 Å². The van der Waals surface area contributed by atoms with Crippen molar-refractivity contribution < 1.29 is 24.5 Å². The summed E-state index contributed by atoms with van der Waals surface area (Å²) in [6, 6.07) is 12.4. The molecular weight excluding hydrogens is 392 g/mol. The Kier molecular flexibility index (Phi) is 8.27. The van der Waals surface area contributed by atoms with Crippen molar-refractivity contribution in [2.45, 2.75) is 65.4 Å². The number of rotatable bonds is 11. The first-order valence-corrected chi connectivity index (χ1v) is 10.9. The number of ether oxygens (including phenoxy) is 2. The van der Waals surface area contributed by atoms with Crippen LogP contribution >= 0.6 is 0 Å². The van der Waals surface area contributed by atoms with Gasteiger partial charge in [-0.1, -0.05) is 38.1 Å². The van der Waals surface area contributed by atoms with Crippen molar-refractivity contribution in [1.82, 2.24) is 0 Å². The number of ketones is 1. The lowest BCUT2D eigenvalue weighted by Gasteiger charge is -2.34. The van der Waals surface area contributed by atoms with Gasteiger partial charge in [-0.15, -0.1) is 0 Å². The van der Waals surface area contributed by atoms with Gasteiger partial charge in [0.25, 0.3) is 0 Å². The summed E-state index contributed by atoms with van der Waals surface area (Å²) in [5.74, 6) is 1.08. The first-order valence-electron chi connectivity index (χ1n) is 10.9. The van der Waals surface area contributed by atoms with E-state index in [2.05, 4.69) is 38.1 Å². The van der Waals surface area contributed by atoms with Gasteiger partial charge in [-0.3, -0.25) is 4.79 Å². The Hall–Kier alpha value is -2.37. The summed E-state index contributed by atoms with van der Waals surface area (Å²) < 4.78 is 11.4. The molecule has 2 rings (SSSR count). The summed E-state index contributed by atoms with van der Waals surface area (Å²) >= 11 is 0. The molecule has 0 amide bonds. The van der Waals surface area contributed by atoms with Gasteiger partial charge < -0.3 is 19.7 Å². The first-order chi connectivity index (χ1) is 14.6. The highest BCUT2D eigenvalue weighted by molar-refractivity contribution is 5.80. The second kappa shape index (κ2) is 10.3. The fraction of sp³-hybridized carbons (Fsp3) is 0.500. The van der Waals surface area contributed by atoms with E-state index in [1.165, 1.54) is 11.1 Å². The topological polar surface area (TPSA) is 76.0 Å². The number of aryl methyl sites for hydroxylation is 2. The molecule has 0 bridgehead atoms.